The van der Waals surface area contributed by atoms with E-state index in [9.17, 15) is 0 Å². The van der Waals surface area contributed by atoms with E-state index in [1.165, 1.54) is 5.56 Å². The summed E-state index contributed by atoms with van der Waals surface area (Å²) in [4.78, 5) is 13.9. The third-order valence-electron chi connectivity index (χ3n) is 5.73. The molecule has 6 nitrogen and oxygen atoms in total. The van der Waals surface area contributed by atoms with Gasteiger partial charge >= 0.3 is 0 Å². The molecular weight excluding hydrogens is 372 g/mol. The van der Waals surface area contributed by atoms with Gasteiger partial charge < -0.3 is 20.4 Å². The lowest BCUT2D eigenvalue weighted by atomic mass is 10.1. The Kier molecular flexibility index (Phi) is 8.51. The maximum absolute atomic E-state index is 4.69. The van der Waals surface area contributed by atoms with Crippen molar-refractivity contribution >= 4 is 11.8 Å². The molecule has 2 aromatic rings. The van der Waals surface area contributed by atoms with Crippen molar-refractivity contribution in [1.29, 1.82) is 0 Å². The third-order valence-corrected chi connectivity index (χ3v) is 5.73. The maximum atomic E-state index is 4.69. The molecule has 1 unspecified atom stereocenters. The quantitative estimate of drug-likeness (QED) is 0.520. The molecule has 1 saturated heterocycles. The van der Waals surface area contributed by atoms with Crippen molar-refractivity contribution in [2.24, 2.45) is 4.99 Å². The first-order valence-electron chi connectivity index (χ1n) is 11.1. The van der Waals surface area contributed by atoms with Crippen molar-refractivity contribution in [2.45, 2.75) is 39.3 Å². The van der Waals surface area contributed by atoms with Gasteiger partial charge in [0.2, 0.25) is 0 Å². The molecule has 0 aliphatic carbocycles. The van der Waals surface area contributed by atoms with Gasteiger partial charge in [0.05, 0.1) is 0 Å². The smallest absolute Gasteiger partial charge is 0.191 e. The number of nitrogens with one attached hydrogen (secondary N) is 2. The van der Waals surface area contributed by atoms with Gasteiger partial charge in [-0.15, -0.1) is 0 Å². The molecule has 0 radical (unpaired) electrons. The third kappa shape index (κ3) is 6.73. The van der Waals surface area contributed by atoms with Crippen molar-refractivity contribution in [1.82, 2.24) is 20.5 Å². The van der Waals surface area contributed by atoms with Crippen LogP contribution in [0.15, 0.2) is 53.7 Å². The van der Waals surface area contributed by atoms with Crippen LogP contribution >= 0.6 is 0 Å². The van der Waals surface area contributed by atoms with E-state index in [0.717, 1.165) is 62.9 Å². The summed E-state index contributed by atoms with van der Waals surface area (Å²) in [6, 6.07) is 15.3. The molecule has 2 heterocycles. The second-order valence-corrected chi connectivity index (χ2v) is 7.94. The molecule has 1 fully saturated rings. The van der Waals surface area contributed by atoms with Gasteiger partial charge in [0, 0.05) is 52.0 Å². The van der Waals surface area contributed by atoms with Gasteiger partial charge in [0.15, 0.2) is 5.96 Å². The molecule has 6 heteroatoms. The Morgan fingerprint density at radius 2 is 1.83 bits per heavy atom. The van der Waals surface area contributed by atoms with E-state index in [1.54, 1.807) is 0 Å². The van der Waals surface area contributed by atoms with Crippen molar-refractivity contribution in [2.75, 3.05) is 44.7 Å². The van der Waals surface area contributed by atoms with Gasteiger partial charge in [-0.2, -0.15) is 0 Å². The highest BCUT2D eigenvalue weighted by molar-refractivity contribution is 5.79. The zero-order chi connectivity index (χ0) is 21.2. The predicted molar refractivity (Wildman–Crippen MR) is 126 cm³/mol. The number of pyridine rings is 1. The highest BCUT2D eigenvalue weighted by atomic mass is 15.3. The van der Waals surface area contributed by atoms with E-state index in [-0.39, 0.29) is 0 Å². The fourth-order valence-electron chi connectivity index (χ4n) is 3.72. The standard InChI is InChI=1S/C24H36N6/c1-4-29-14-16-30(17-15-29)23-13-12-22(18-26-23)19-27-24(25-3)28-20(2)10-11-21-8-6-5-7-9-21/h5-9,12-13,18,20H,4,10-11,14-17,19H2,1-3H3,(H2,25,27,28). The number of hydrogen-bond donors (Lipinski definition) is 2. The summed E-state index contributed by atoms with van der Waals surface area (Å²) in [7, 11) is 1.82. The highest BCUT2D eigenvalue weighted by Crippen LogP contribution is 2.14. The summed E-state index contributed by atoms with van der Waals surface area (Å²) >= 11 is 0. The van der Waals surface area contributed by atoms with Crippen LogP contribution in [0.4, 0.5) is 5.82 Å². The molecule has 0 bridgehead atoms. The Morgan fingerprint density at radius 1 is 1.07 bits per heavy atom. The van der Waals surface area contributed by atoms with Gasteiger partial charge in [-0.05, 0) is 43.5 Å². The maximum Gasteiger partial charge on any atom is 0.191 e. The van der Waals surface area contributed by atoms with Gasteiger partial charge in [-0.1, -0.05) is 43.3 Å². The number of hydrogen-bond acceptors (Lipinski definition) is 4. The summed E-state index contributed by atoms with van der Waals surface area (Å²) in [5, 5.41) is 6.89. The lowest BCUT2D eigenvalue weighted by molar-refractivity contribution is 0.270. The van der Waals surface area contributed by atoms with Gasteiger partial charge in [-0.25, -0.2) is 4.98 Å². The summed E-state index contributed by atoms with van der Waals surface area (Å²) in [5.74, 6) is 1.90. The first-order chi connectivity index (χ1) is 14.7. The van der Waals surface area contributed by atoms with E-state index in [0.29, 0.717) is 12.6 Å². The molecule has 162 valence electrons. The van der Waals surface area contributed by atoms with Crippen LogP contribution in [0.25, 0.3) is 0 Å². The van der Waals surface area contributed by atoms with E-state index >= 15 is 0 Å². The molecule has 1 atom stereocenters. The normalized spacial score (nSPS) is 16.4. The van der Waals surface area contributed by atoms with Crippen molar-refractivity contribution in [3.8, 4) is 0 Å². The average molecular weight is 409 g/mol. The zero-order valence-electron chi connectivity index (χ0n) is 18.6. The number of likely N-dealkylation sites (N-methyl/N-ethyl adjacent to an activating group) is 1. The van der Waals surface area contributed by atoms with E-state index in [1.807, 2.05) is 13.2 Å². The fraction of sp³-hybridized carbons (Fsp3) is 0.500. The molecule has 0 amide bonds. The predicted octanol–water partition coefficient (Wildman–Crippen LogP) is 2.91. The van der Waals surface area contributed by atoms with Gasteiger partial charge in [0.25, 0.3) is 0 Å². The van der Waals surface area contributed by atoms with Crippen LogP contribution in [-0.2, 0) is 13.0 Å². The van der Waals surface area contributed by atoms with Crippen LogP contribution in [0.3, 0.4) is 0 Å². The van der Waals surface area contributed by atoms with E-state index in [4.69, 9.17) is 0 Å². The fourth-order valence-corrected chi connectivity index (χ4v) is 3.72. The Labute approximate surface area is 181 Å². The van der Waals surface area contributed by atoms with Gasteiger partial charge in [0.1, 0.15) is 5.82 Å². The number of anilines is 1. The van der Waals surface area contributed by atoms with Crippen LogP contribution in [0, 0.1) is 0 Å². The van der Waals surface area contributed by atoms with E-state index < -0.39 is 0 Å². The van der Waals surface area contributed by atoms with Crippen LogP contribution in [0.1, 0.15) is 31.4 Å². The topological polar surface area (TPSA) is 55.8 Å². The number of aromatic nitrogens is 1. The van der Waals surface area contributed by atoms with Crippen molar-refractivity contribution < 1.29 is 0 Å². The Morgan fingerprint density at radius 3 is 2.47 bits per heavy atom. The molecule has 1 aromatic heterocycles. The molecule has 0 spiro atoms. The number of benzene rings is 1. The van der Waals surface area contributed by atoms with Crippen molar-refractivity contribution in [3.63, 3.8) is 0 Å². The molecule has 1 aromatic carbocycles. The minimum absolute atomic E-state index is 0.346. The molecule has 2 N–H and O–H groups in total. The SMILES string of the molecule is CCN1CCN(c2ccc(CNC(=NC)NC(C)CCc3ccccc3)cn2)CC1. The number of aryl methyl sites for hydroxylation is 1. The Hall–Kier alpha value is -2.60. The number of rotatable bonds is 8. The second kappa shape index (κ2) is 11.6. The second-order valence-electron chi connectivity index (χ2n) is 7.94. The summed E-state index contributed by atoms with van der Waals surface area (Å²) in [6.45, 7) is 10.6. The lowest BCUT2D eigenvalue weighted by Crippen LogP contribution is -2.46. The number of guanidine groups is 1. The van der Waals surface area contributed by atoms with Crippen molar-refractivity contribution in [3.05, 3.63) is 59.8 Å². The largest absolute Gasteiger partial charge is 0.354 e. The van der Waals surface area contributed by atoms with E-state index in [2.05, 4.69) is 86.7 Å². The molecule has 0 saturated carbocycles. The Balaban J connectivity index is 1.42. The molecule has 1 aliphatic heterocycles. The van der Waals surface area contributed by atoms with Crippen LogP contribution in [0.5, 0.6) is 0 Å². The van der Waals surface area contributed by atoms with Crippen LogP contribution < -0.4 is 15.5 Å². The minimum Gasteiger partial charge on any atom is -0.354 e. The molecular formula is C24H36N6. The van der Waals surface area contributed by atoms with Crippen LogP contribution in [-0.4, -0.2) is 61.7 Å². The average Bonchev–Trinajstić information content (AvgIpc) is 2.81. The molecule has 30 heavy (non-hydrogen) atoms. The summed E-state index contributed by atoms with van der Waals surface area (Å²) < 4.78 is 0. The van der Waals surface area contributed by atoms with Crippen LogP contribution in [0.2, 0.25) is 0 Å². The Bertz CT molecular complexity index is 766. The molecule has 3 rings (SSSR count). The zero-order valence-corrected chi connectivity index (χ0v) is 18.6. The summed E-state index contributed by atoms with van der Waals surface area (Å²) in [5.41, 5.74) is 2.53. The van der Waals surface area contributed by atoms with Gasteiger partial charge in [-0.3, -0.25) is 4.99 Å². The number of nitrogens with zero attached hydrogens (tertiary/aromatic N) is 4. The monoisotopic (exact) mass is 408 g/mol. The number of piperazine rings is 1. The minimum atomic E-state index is 0.346. The molecule has 1 aliphatic rings. The summed E-state index contributed by atoms with van der Waals surface area (Å²) in [6.07, 6.45) is 4.09. The lowest BCUT2D eigenvalue weighted by Gasteiger charge is -2.34. The first-order valence-corrected chi connectivity index (χ1v) is 11.1. The number of aliphatic imine (C=N–C) groups is 1. The first kappa shape index (κ1) is 22.1. The highest BCUT2D eigenvalue weighted by Gasteiger charge is 2.16.